The first kappa shape index (κ1) is 13.3. The summed E-state index contributed by atoms with van der Waals surface area (Å²) < 4.78 is 16.2. The number of ether oxygens (including phenoxy) is 3. The summed E-state index contributed by atoms with van der Waals surface area (Å²) in [4.78, 5) is 14.0. The highest BCUT2D eigenvalue weighted by atomic mass is 35.5. The molecule has 0 aliphatic carbocycles. The number of halogens is 1. The highest BCUT2D eigenvalue weighted by Crippen LogP contribution is 2.37. The van der Waals surface area contributed by atoms with Gasteiger partial charge in [0.25, 0.3) is 5.91 Å². The molecule has 1 amide bonds. The molecule has 0 fully saturated rings. The van der Waals surface area contributed by atoms with Crippen LogP contribution in [0.5, 0.6) is 17.2 Å². The third kappa shape index (κ3) is 2.23. The second-order valence-electron chi connectivity index (χ2n) is 5.06. The first-order valence-electron chi connectivity index (χ1n) is 6.82. The predicted octanol–water partition coefficient (Wildman–Crippen LogP) is 2.99. The van der Waals surface area contributed by atoms with Gasteiger partial charge in [0, 0.05) is 22.3 Å². The normalized spacial score (nSPS) is 16.0. The molecular formula is C16H12ClNO4. The van der Waals surface area contributed by atoms with Crippen LogP contribution in [0.25, 0.3) is 0 Å². The second kappa shape index (κ2) is 5.10. The van der Waals surface area contributed by atoms with Crippen LogP contribution in [0.4, 0.5) is 5.69 Å². The molecule has 0 saturated carbocycles. The summed E-state index contributed by atoms with van der Waals surface area (Å²) in [6.45, 7) is 0.589. The molecule has 4 rings (SSSR count). The van der Waals surface area contributed by atoms with E-state index in [0.717, 1.165) is 11.3 Å². The summed E-state index contributed by atoms with van der Waals surface area (Å²) >= 11 is 6.04. The Kier molecular flexibility index (Phi) is 3.08. The van der Waals surface area contributed by atoms with Gasteiger partial charge in [-0.3, -0.25) is 4.79 Å². The fourth-order valence-corrected chi connectivity index (χ4v) is 2.77. The maximum absolute atomic E-state index is 12.4. The van der Waals surface area contributed by atoms with Crippen molar-refractivity contribution in [1.29, 1.82) is 0 Å². The highest BCUT2D eigenvalue weighted by Gasteiger charge is 2.25. The van der Waals surface area contributed by atoms with Gasteiger partial charge < -0.3 is 19.1 Å². The Morgan fingerprint density at radius 1 is 0.955 bits per heavy atom. The largest absolute Gasteiger partial charge is 0.483 e. The summed E-state index contributed by atoms with van der Waals surface area (Å²) in [6.07, 6.45) is 0. The predicted molar refractivity (Wildman–Crippen MR) is 80.7 cm³/mol. The molecule has 2 aromatic carbocycles. The van der Waals surface area contributed by atoms with E-state index >= 15 is 0 Å². The topological polar surface area (TPSA) is 48.0 Å². The Morgan fingerprint density at radius 3 is 2.68 bits per heavy atom. The van der Waals surface area contributed by atoms with Crippen LogP contribution >= 0.6 is 11.6 Å². The maximum Gasteiger partial charge on any atom is 0.265 e. The fraction of sp³-hybridized carbons (Fsp3) is 0.188. The molecule has 2 aromatic rings. The SMILES string of the molecule is O=C1COc2ccc(Cl)cc2CN1c1ccc2c(c1)OCO2. The molecule has 5 nitrogen and oxygen atoms in total. The summed E-state index contributed by atoms with van der Waals surface area (Å²) in [5.74, 6) is 1.89. The lowest BCUT2D eigenvalue weighted by Crippen LogP contribution is -2.32. The van der Waals surface area contributed by atoms with Gasteiger partial charge in [0.05, 0.1) is 6.54 Å². The lowest BCUT2D eigenvalue weighted by atomic mass is 10.1. The minimum Gasteiger partial charge on any atom is -0.483 e. The van der Waals surface area contributed by atoms with E-state index < -0.39 is 0 Å². The standard InChI is InChI=1S/C16H12ClNO4/c17-11-1-3-13-10(5-11)7-18(16(19)8-20-13)12-2-4-14-15(6-12)22-9-21-14/h1-6H,7-9H2. The number of carbonyl (C=O) groups excluding carboxylic acids is 1. The molecule has 0 spiro atoms. The monoisotopic (exact) mass is 317 g/mol. The van der Waals surface area contributed by atoms with Crippen LogP contribution in [0, 0.1) is 0 Å². The van der Waals surface area contributed by atoms with Crippen molar-refractivity contribution in [2.45, 2.75) is 6.54 Å². The van der Waals surface area contributed by atoms with Crippen molar-refractivity contribution < 1.29 is 19.0 Å². The van der Waals surface area contributed by atoms with Crippen molar-refractivity contribution in [3.05, 3.63) is 47.0 Å². The minimum atomic E-state index is -0.119. The Labute approximate surface area is 132 Å². The smallest absolute Gasteiger partial charge is 0.265 e. The first-order valence-corrected chi connectivity index (χ1v) is 7.20. The molecule has 2 heterocycles. The molecule has 0 N–H and O–H groups in total. The number of hydrogen-bond donors (Lipinski definition) is 0. The molecule has 0 bridgehead atoms. The zero-order valence-electron chi connectivity index (χ0n) is 11.5. The van der Waals surface area contributed by atoms with Crippen LogP contribution in [0.2, 0.25) is 5.02 Å². The molecule has 0 aromatic heterocycles. The fourth-order valence-electron chi connectivity index (χ4n) is 2.58. The van der Waals surface area contributed by atoms with Crippen LogP contribution < -0.4 is 19.1 Å². The quantitative estimate of drug-likeness (QED) is 0.811. The average Bonchev–Trinajstić information content (AvgIpc) is 2.92. The Balaban J connectivity index is 1.72. The number of benzene rings is 2. The van der Waals surface area contributed by atoms with E-state index in [-0.39, 0.29) is 19.3 Å². The van der Waals surface area contributed by atoms with Crippen LogP contribution in [-0.2, 0) is 11.3 Å². The van der Waals surface area contributed by atoms with Crippen molar-refractivity contribution in [2.24, 2.45) is 0 Å². The van der Waals surface area contributed by atoms with E-state index in [4.69, 9.17) is 25.8 Å². The Hall–Kier alpha value is -2.40. The van der Waals surface area contributed by atoms with Gasteiger partial charge in [-0.05, 0) is 30.3 Å². The molecular weight excluding hydrogens is 306 g/mol. The molecule has 0 atom stereocenters. The Bertz CT molecular complexity index is 762. The second-order valence-corrected chi connectivity index (χ2v) is 5.49. The van der Waals surface area contributed by atoms with Gasteiger partial charge in [-0.15, -0.1) is 0 Å². The van der Waals surface area contributed by atoms with Crippen LogP contribution in [-0.4, -0.2) is 19.3 Å². The van der Waals surface area contributed by atoms with Crippen LogP contribution in [0.3, 0.4) is 0 Å². The van der Waals surface area contributed by atoms with Gasteiger partial charge in [-0.2, -0.15) is 0 Å². The van der Waals surface area contributed by atoms with Gasteiger partial charge in [-0.25, -0.2) is 0 Å². The maximum atomic E-state index is 12.4. The van der Waals surface area contributed by atoms with E-state index in [0.29, 0.717) is 28.8 Å². The van der Waals surface area contributed by atoms with Crippen molar-refractivity contribution >= 4 is 23.2 Å². The summed E-state index contributed by atoms with van der Waals surface area (Å²) in [5.41, 5.74) is 1.61. The van der Waals surface area contributed by atoms with E-state index in [1.54, 1.807) is 29.2 Å². The third-order valence-corrected chi connectivity index (χ3v) is 3.91. The number of anilines is 1. The molecule has 0 saturated heterocycles. The minimum absolute atomic E-state index is 0.0108. The summed E-state index contributed by atoms with van der Waals surface area (Å²) in [7, 11) is 0. The van der Waals surface area contributed by atoms with E-state index in [2.05, 4.69) is 0 Å². The van der Waals surface area contributed by atoms with Gasteiger partial charge in [0.15, 0.2) is 18.1 Å². The highest BCUT2D eigenvalue weighted by molar-refractivity contribution is 6.30. The van der Waals surface area contributed by atoms with E-state index in [9.17, 15) is 4.79 Å². The van der Waals surface area contributed by atoms with Gasteiger partial charge in [-0.1, -0.05) is 11.6 Å². The van der Waals surface area contributed by atoms with Gasteiger partial charge in [0.2, 0.25) is 6.79 Å². The zero-order chi connectivity index (χ0) is 15.1. The lowest BCUT2D eigenvalue weighted by molar-refractivity contribution is -0.120. The number of hydrogen-bond acceptors (Lipinski definition) is 4. The third-order valence-electron chi connectivity index (χ3n) is 3.67. The van der Waals surface area contributed by atoms with Crippen LogP contribution in [0.1, 0.15) is 5.56 Å². The van der Waals surface area contributed by atoms with Crippen molar-refractivity contribution in [1.82, 2.24) is 0 Å². The number of carbonyl (C=O) groups is 1. The van der Waals surface area contributed by atoms with E-state index in [1.165, 1.54) is 0 Å². The van der Waals surface area contributed by atoms with Gasteiger partial charge in [0.1, 0.15) is 5.75 Å². The summed E-state index contributed by atoms with van der Waals surface area (Å²) in [5, 5.41) is 0.613. The number of rotatable bonds is 1. The lowest BCUT2D eigenvalue weighted by Gasteiger charge is -2.20. The van der Waals surface area contributed by atoms with Crippen LogP contribution in [0.15, 0.2) is 36.4 Å². The molecule has 112 valence electrons. The van der Waals surface area contributed by atoms with Crippen molar-refractivity contribution in [2.75, 3.05) is 18.3 Å². The molecule has 2 aliphatic heterocycles. The van der Waals surface area contributed by atoms with Crippen molar-refractivity contribution in [3.63, 3.8) is 0 Å². The van der Waals surface area contributed by atoms with E-state index in [1.807, 2.05) is 12.1 Å². The molecule has 0 unspecified atom stereocenters. The zero-order valence-corrected chi connectivity index (χ0v) is 12.3. The van der Waals surface area contributed by atoms with Crippen molar-refractivity contribution in [3.8, 4) is 17.2 Å². The Morgan fingerprint density at radius 2 is 1.77 bits per heavy atom. The number of amides is 1. The summed E-state index contributed by atoms with van der Waals surface area (Å²) in [6, 6.07) is 10.8. The number of nitrogens with zero attached hydrogens (tertiary/aromatic N) is 1. The first-order chi connectivity index (χ1) is 10.7. The molecule has 6 heteroatoms. The molecule has 0 radical (unpaired) electrons. The molecule has 22 heavy (non-hydrogen) atoms. The average molecular weight is 318 g/mol. The van der Waals surface area contributed by atoms with Gasteiger partial charge >= 0.3 is 0 Å². The molecule has 2 aliphatic rings. The number of fused-ring (bicyclic) bond motifs is 2.